The maximum Gasteiger partial charge on any atom is 0.352 e. The number of rotatable bonds is 7. The van der Waals surface area contributed by atoms with Crippen LogP contribution in [0.25, 0.3) is 0 Å². The Hall–Kier alpha value is -3.20. The van der Waals surface area contributed by atoms with Gasteiger partial charge in [0.1, 0.15) is 17.1 Å². The molecule has 1 aromatic heterocycles. The van der Waals surface area contributed by atoms with Crippen LogP contribution in [0.3, 0.4) is 0 Å². The number of nitrogen functional groups attached to an aromatic ring is 1. The number of aromatic nitrogens is 2. The molecule has 15 heteroatoms. The number of carbonyl (C=O) groups is 4. The molecular formula is C14H14N6O7S2. The molecule has 2 amide bonds. The Kier molecular flexibility index (Phi) is 5.69. The van der Waals surface area contributed by atoms with Crippen LogP contribution in [-0.2, 0) is 24.0 Å². The zero-order valence-corrected chi connectivity index (χ0v) is 16.3. The highest BCUT2D eigenvalue weighted by atomic mass is 32.2. The van der Waals surface area contributed by atoms with E-state index in [-0.39, 0.29) is 21.9 Å². The lowest BCUT2D eigenvalue weighted by Crippen LogP contribution is -2.71. The van der Waals surface area contributed by atoms with Gasteiger partial charge in [0.2, 0.25) is 18.1 Å². The number of carbonyl (C=O) groups excluding carboxylic acids is 2. The zero-order chi connectivity index (χ0) is 21.3. The minimum absolute atomic E-state index is 0.0394. The van der Waals surface area contributed by atoms with Gasteiger partial charge in [-0.2, -0.15) is 9.36 Å². The molecule has 3 rings (SSSR count). The van der Waals surface area contributed by atoms with Crippen molar-refractivity contribution in [2.45, 2.75) is 23.6 Å². The molecule has 2 aliphatic heterocycles. The van der Waals surface area contributed by atoms with E-state index in [9.17, 15) is 24.3 Å². The quantitative estimate of drug-likeness (QED) is 0.222. The maximum absolute atomic E-state index is 12.7. The number of thioether (sulfide) groups is 1. The number of hydrogen-bond donors (Lipinski definition) is 4. The predicted molar refractivity (Wildman–Crippen MR) is 99.8 cm³/mol. The van der Waals surface area contributed by atoms with Gasteiger partial charge >= 0.3 is 11.9 Å². The molecule has 0 bridgehead atoms. The first-order chi connectivity index (χ1) is 13.7. The van der Waals surface area contributed by atoms with Crippen molar-refractivity contribution < 1.29 is 34.2 Å². The lowest BCUT2D eigenvalue weighted by Gasteiger charge is -2.49. The third kappa shape index (κ3) is 4.14. The number of amides is 2. The highest BCUT2D eigenvalue weighted by Gasteiger charge is 2.54. The molecular weight excluding hydrogens is 428 g/mol. The first kappa shape index (κ1) is 20.5. The van der Waals surface area contributed by atoms with Crippen LogP contribution >= 0.6 is 23.3 Å². The van der Waals surface area contributed by atoms with Crippen molar-refractivity contribution in [1.82, 2.24) is 19.6 Å². The van der Waals surface area contributed by atoms with E-state index in [1.54, 1.807) is 6.92 Å². The molecule has 2 unspecified atom stereocenters. The number of oxime groups is 1. The van der Waals surface area contributed by atoms with Crippen LogP contribution in [0.15, 0.2) is 16.9 Å². The SMILES string of the molecule is CC1C=C(C(=O)O)N2C(=O)C(NC(=O)/C(=N\OCC(=O)O)c3nsc(N)n3)[C@H]2S1. The molecule has 0 aliphatic carbocycles. The van der Waals surface area contributed by atoms with E-state index in [0.29, 0.717) is 0 Å². The summed E-state index contributed by atoms with van der Waals surface area (Å²) in [6.07, 6.45) is 1.45. The Bertz CT molecular complexity index is 945. The Labute approximate surface area is 170 Å². The molecule has 1 aromatic rings. The monoisotopic (exact) mass is 442 g/mol. The molecule has 1 saturated heterocycles. The lowest BCUT2D eigenvalue weighted by atomic mass is 10.0. The van der Waals surface area contributed by atoms with Crippen molar-refractivity contribution in [1.29, 1.82) is 0 Å². The fourth-order valence-corrected chi connectivity index (χ4v) is 4.37. The number of nitrogens with two attached hydrogens (primary N) is 1. The second-order valence-corrected chi connectivity index (χ2v) is 8.09. The van der Waals surface area contributed by atoms with Crippen LogP contribution in [0.5, 0.6) is 0 Å². The van der Waals surface area contributed by atoms with E-state index in [2.05, 4.69) is 24.7 Å². The minimum Gasteiger partial charge on any atom is -0.479 e. The first-order valence-corrected chi connectivity index (χ1v) is 9.66. The summed E-state index contributed by atoms with van der Waals surface area (Å²) < 4.78 is 3.83. The van der Waals surface area contributed by atoms with Crippen LogP contribution in [0.1, 0.15) is 12.7 Å². The van der Waals surface area contributed by atoms with Crippen molar-refractivity contribution >= 4 is 57.9 Å². The molecule has 154 valence electrons. The number of nitrogens with one attached hydrogen (secondary N) is 1. The molecule has 2 aliphatic rings. The number of nitrogens with zero attached hydrogens (tertiary/aromatic N) is 4. The summed E-state index contributed by atoms with van der Waals surface area (Å²) in [5, 5.41) is 23.0. The molecule has 13 nitrogen and oxygen atoms in total. The standard InChI is InChI=1S/C14H14N6O7S2/c1-4-2-5(13(25)26)20-11(24)8(12(20)28-4)16-10(23)7(18-27-3-6(21)22)9-17-14(15)29-19-9/h2,4,8,12H,3H2,1H3,(H,16,23)(H,21,22)(H,25,26)(H2,15,17,19)/b18-7-/t4?,8?,12-/m1/s1. The summed E-state index contributed by atoms with van der Waals surface area (Å²) in [5.74, 6) is -4.26. The summed E-state index contributed by atoms with van der Waals surface area (Å²) in [6.45, 7) is 0.955. The maximum atomic E-state index is 12.7. The highest BCUT2D eigenvalue weighted by Crippen LogP contribution is 2.40. The van der Waals surface area contributed by atoms with Crippen molar-refractivity contribution in [3.8, 4) is 0 Å². The summed E-state index contributed by atoms with van der Waals surface area (Å²) >= 11 is 2.08. The van der Waals surface area contributed by atoms with Gasteiger partial charge in [0.15, 0.2) is 5.13 Å². The fourth-order valence-electron chi connectivity index (χ4n) is 2.61. The third-order valence-corrected chi connectivity index (χ3v) is 5.64. The average Bonchev–Trinajstić information content (AvgIpc) is 3.07. The summed E-state index contributed by atoms with van der Waals surface area (Å²) in [7, 11) is 0. The van der Waals surface area contributed by atoms with Crippen LogP contribution in [0, 0.1) is 0 Å². The van der Waals surface area contributed by atoms with Crippen LogP contribution in [0.2, 0.25) is 0 Å². The Morgan fingerprint density at radius 3 is 2.72 bits per heavy atom. The number of aliphatic carboxylic acids is 2. The predicted octanol–water partition coefficient (Wildman–Crippen LogP) is -1.32. The summed E-state index contributed by atoms with van der Waals surface area (Å²) in [4.78, 5) is 56.5. The number of fused-ring (bicyclic) bond motifs is 1. The molecule has 29 heavy (non-hydrogen) atoms. The molecule has 3 heterocycles. The van der Waals surface area contributed by atoms with Crippen molar-refractivity contribution in [3.05, 3.63) is 17.6 Å². The number of carboxylic acids is 2. The largest absolute Gasteiger partial charge is 0.479 e. The molecule has 5 N–H and O–H groups in total. The van der Waals surface area contributed by atoms with Gasteiger partial charge in [0.25, 0.3) is 11.8 Å². The van der Waals surface area contributed by atoms with Crippen molar-refractivity contribution in [2.24, 2.45) is 5.16 Å². The van der Waals surface area contributed by atoms with E-state index >= 15 is 0 Å². The summed E-state index contributed by atoms with van der Waals surface area (Å²) in [5.41, 5.74) is 4.88. The average molecular weight is 442 g/mol. The normalized spacial score (nSPS) is 23.6. The Balaban J connectivity index is 1.78. The van der Waals surface area contributed by atoms with Gasteiger partial charge in [-0.05, 0) is 13.0 Å². The van der Waals surface area contributed by atoms with Gasteiger partial charge in [0, 0.05) is 16.8 Å². The summed E-state index contributed by atoms with van der Waals surface area (Å²) in [6, 6.07) is -1.02. The van der Waals surface area contributed by atoms with Crippen molar-refractivity contribution in [3.63, 3.8) is 0 Å². The number of β-lactam (4-membered cyclic amide) rings is 1. The van der Waals surface area contributed by atoms with E-state index in [1.165, 1.54) is 17.8 Å². The number of hydrogen-bond acceptors (Lipinski definition) is 11. The van der Waals surface area contributed by atoms with Crippen LogP contribution in [0.4, 0.5) is 5.13 Å². The molecule has 0 aromatic carbocycles. The molecule has 0 saturated carbocycles. The van der Waals surface area contributed by atoms with Crippen LogP contribution < -0.4 is 11.1 Å². The second kappa shape index (κ2) is 8.04. The van der Waals surface area contributed by atoms with Gasteiger partial charge in [0.05, 0.1) is 0 Å². The van der Waals surface area contributed by atoms with E-state index in [4.69, 9.17) is 10.8 Å². The van der Waals surface area contributed by atoms with Gasteiger partial charge < -0.3 is 26.1 Å². The van der Waals surface area contributed by atoms with Gasteiger partial charge in [-0.1, -0.05) is 5.16 Å². The van der Waals surface area contributed by atoms with Crippen LogP contribution in [-0.4, -0.2) is 77.2 Å². The topological polar surface area (TPSA) is 197 Å². The Morgan fingerprint density at radius 1 is 1.41 bits per heavy atom. The lowest BCUT2D eigenvalue weighted by molar-refractivity contribution is -0.150. The fraction of sp³-hybridized carbons (Fsp3) is 0.357. The zero-order valence-electron chi connectivity index (χ0n) is 14.6. The third-order valence-electron chi connectivity index (χ3n) is 3.77. The first-order valence-electron chi connectivity index (χ1n) is 7.95. The molecule has 0 spiro atoms. The van der Waals surface area contributed by atoms with Gasteiger partial charge in [-0.25, -0.2) is 9.59 Å². The molecule has 0 radical (unpaired) electrons. The van der Waals surface area contributed by atoms with E-state index < -0.39 is 47.5 Å². The van der Waals surface area contributed by atoms with Gasteiger partial charge in [-0.3, -0.25) is 14.5 Å². The highest BCUT2D eigenvalue weighted by molar-refractivity contribution is 8.00. The van der Waals surface area contributed by atoms with Gasteiger partial charge in [-0.15, -0.1) is 11.8 Å². The Morgan fingerprint density at radius 2 is 2.14 bits per heavy atom. The van der Waals surface area contributed by atoms with E-state index in [1.807, 2.05) is 0 Å². The van der Waals surface area contributed by atoms with E-state index in [0.717, 1.165) is 16.4 Å². The molecule has 3 atom stereocenters. The number of anilines is 1. The second-order valence-electron chi connectivity index (χ2n) is 5.81. The smallest absolute Gasteiger partial charge is 0.352 e. The number of carboxylic acid groups (broad SMARTS) is 2. The minimum atomic E-state index is -1.32. The van der Waals surface area contributed by atoms with Crippen molar-refractivity contribution in [2.75, 3.05) is 12.3 Å². The molecule has 1 fully saturated rings.